The quantitative estimate of drug-likeness (QED) is 0.863. The fourth-order valence-electron chi connectivity index (χ4n) is 3.02. The molecule has 3 rings (SSSR count). The monoisotopic (exact) mass is 347 g/mol. The molecule has 0 fully saturated rings. The number of ether oxygens (including phenoxy) is 1. The summed E-state index contributed by atoms with van der Waals surface area (Å²) in [5.41, 5.74) is 2.49. The number of fused-ring (bicyclic) bond motifs is 1. The fourth-order valence-corrected chi connectivity index (χ4v) is 3.84. The molecule has 1 aliphatic carbocycles. The van der Waals surface area contributed by atoms with Crippen molar-refractivity contribution in [3.63, 3.8) is 0 Å². The predicted molar refractivity (Wildman–Crippen MR) is 91.5 cm³/mol. The number of aryl methyl sites for hydroxylation is 1. The Bertz CT molecular complexity index is 763. The number of thiophene rings is 1. The van der Waals surface area contributed by atoms with Gasteiger partial charge in [0.05, 0.1) is 18.2 Å². The third kappa shape index (κ3) is 3.21. The highest BCUT2D eigenvalue weighted by Gasteiger charge is 2.25. The van der Waals surface area contributed by atoms with E-state index in [1.807, 2.05) is 10.9 Å². The minimum absolute atomic E-state index is 0.0860. The van der Waals surface area contributed by atoms with E-state index in [4.69, 9.17) is 0 Å². The van der Waals surface area contributed by atoms with E-state index in [1.165, 1.54) is 18.4 Å². The molecule has 2 heterocycles. The number of esters is 1. The number of hydrogen-bond donors (Lipinski definition) is 1. The Balaban J connectivity index is 1.68. The molecule has 6 nitrogen and oxygen atoms in total. The number of carbonyl (C=O) groups excluding carboxylic acids is 2. The number of rotatable bonds is 4. The maximum Gasteiger partial charge on any atom is 0.348 e. The number of nitrogens with one attached hydrogen (secondary N) is 1. The van der Waals surface area contributed by atoms with Crippen molar-refractivity contribution < 1.29 is 14.3 Å². The highest BCUT2D eigenvalue weighted by molar-refractivity contribution is 7.15. The summed E-state index contributed by atoms with van der Waals surface area (Å²) in [6, 6.07) is 3.68. The molecule has 1 aliphatic rings. The average molecular weight is 347 g/mol. The summed E-state index contributed by atoms with van der Waals surface area (Å²) in [4.78, 5) is 24.9. The topological polar surface area (TPSA) is 73.2 Å². The van der Waals surface area contributed by atoms with Crippen molar-refractivity contribution >= 4 is 23.2 Å². The van der Waals surface area contributed by atoms with Crippen molar-refractivity contribution in [2.45, 2.75) is 45.2 Å². The van der Waals surface area contributed by atoms with Gasteiger partial charge in [0.25, 0.3) is 5.91 Å². The van der Waals surface area contributed by atoms with Gasteiger partial charge in [0.15, 0.2) is 0 Å². The van der Waals surface area contributed by atoms with Crippen molar-refractivity contribution in [2.75, 3.05) is 7.11 Å². The summed E-state index contributed by atoms with van der Waals surface area (Å²) in [5, 5.41) is 7.54. The van der Waals surface area contributed by atoms with Crippen molar-refractivity contribution in [2.24, 2.45) is 0 Å². The van der Waals surface area contributed by atoms with E-state index in [2.05, 4.69) is 29.0 Å². The first-order valence-corrected chi connectivity index (χ1v) is 8.85. The molecule has 0 spiro atoms. The van der Waals surface area contributed by atoms with Crippen LogP contribution < -0.4 is 5.32 Å². The van der Waals surface area contributed by atoms with Gasteiger partial charge in [-0.05, 0) is 44.4 Å². The minimum Gasteiger partial charge on any atom is -0.465 e. The predicted octanol–water partition coefficient (Wildman–Crippen LogP) is 2.60. The van der Waals surface area contributed by atoms with Gasteiger partial charge < -0.3 is 10.1 Å². The Kier molecular flexibility index (Phi) is 4.71. The van der Waals surface area contributed by atoms with Crippen LogP contribution in [0.15, 0.2) is 18.3 Å². The highest BCUT2D eigenvalue weighted by atomic mass is 32.1. The molecule has 0 bridgehead atoms. The molecule has 0 saturated carbocycles. The Morgan fingerprint density at radius 3 is 2.83 bits per heavy atom. The molecule has 128 valence electrons. The van der Waals surface area contributed by atoms with E-state index in [9.17, 15) is 9.59 Å². The van der Waals surface area contributed by atoms with Gasteiger partial charge in [-0.1, -0.05) is 0 Å². The molecule has 0 unspecified atom stereocenters. The maximum absolute atomic E-state index is 12.4. The Morgan fingerprint density at radius 2 is 2.12 bits per heavy atom. The molecule has 1 N–H and O–H groups in total. The number of nitrogens with zero attached hydrogens (tertiary/aromatic N) is 2. The zero-order chi connectivity index (χ0) is 17.3. The molecule has 24 heavy (non-hydrogen) atoms. The second-order valence-corrected chi connectivity index (χ2v) is 7.31. The van der Waals surface area contributed by atoms with Gasteiger partial charge in [-0.15, -0.1) is 11.3 Å². The molecule has 2 aromatic rings. The van der Waals surface area contributed by atoms with Crippen LogP contribution in [-0.4, -0.2) is 34.8 Å². The number of carbonyl (C=O) groups is 2. The summed E-state index contributed by atoms with van der Waals surface area (Å²) in [6.07, 6.45) is 4.55. The van der Waals surface area contributed by atoms with Crippen LogP contribution in [-0.2, 0) is 17.6 Å². The third-order valence-electron chi connectivity index (χ3n) is 4.23. The lowest BCUT2D eigenvalue weighted by molar-refractivity contribution is 0.0606. The van der Waals surface area contributed by atoms with Gasteiger partial charge in [0, 0.05) is 24.2 Å². The van der Waals surface area contributed by atoms with Crippen LogP contribution >= 0.6 is 11.3 Å². The number of aromatic nitrogens is 2. The van der Waals surface area contributed by atoms with E-state index >= 15 is 0 Å². The number of methoxy groups -OCH3 is 1. The highest BCUT2D eigenvalue weighted by Crippen LogP contribution is 2.24. The average Bonchev–Trinajstić information content (AvgIpc) is 3.20. The molecule has 7 heteroatoms. The van der Waals surface area contributed by atoms with E-state index in [0.717, 1.165) is 30.6 Å². The molecule has 0 saturated heterocycles. The van der Waals surface area contributed by atoms with Gasteiger partial charge >= 0.3 is 5.97 Å². The zero-order valence-corrected chi connectivity index (χ0v) is 14.9. The summed E-state index contributed by atoms with van der Waals surface area (Å²) >= 11 is 1.15. The second-order valence-electron chi connectivity index (χ2n) is 6.22. The Morgan fingerprint density at radius 1 is 1.38 bits per heavy atom. The van der Waals surface area contributed by atoms with Gasteiger partial charge in [-0.3, -0.25) is 9.48 Å². The zero-order valence-electron chi connectivity index (χ0n) is 14.0. The summed E-state index contributed by atoms with van der Waals surface area (Å²) in [7, 11) is 1.33. The summed E-state index contributed by atoms with van der Waals surface area (Å²) < 4.78 is 6.71. The lowest BCUT2D eigenvalue weighted by Crippen LogP contribution is -2.39. The second kappa shape index (κ2) is 6.76. The first kappa shape index (κ1) is 16.7. The maximum atomic E-state index is 12.4. The molecule has 0 aromatic carbocycles. The summed E-state index contributed by atoms with van der Waals surface area (Å²) in [5.74, 6) is -0.554. The van der Waals surface area contributed by atoms with Crippen molar-refractivity contribution in [3.8, 4) is 0 Å². The molecule has 0 aliphatic heterocycles. The van der Waals surface area contributed by atoms with Gasteiger partial charge in [0.2, 0.25) is 0 Å². The molecule has 2 aromatic heterocycles. The van der Waals surface area contributed by atoms with Crippen LogP contribution in [0.5, 0.6) is 0 Å². The van der Waals surface area contributed by atoms with Crippen LogP contribution in [0.25, 0.3) is 0 Å². The largest absolute Gasteiger partial charge is 0.465 e. The van der Waals surface area contributed by atoms with Crippen LogP contribution in [0.3, 0.4) is 0 Å². The first-order chi connectivity index (χ1) is 11.5. The van der Waals surface area contributed by atoms with Crippen LogP contribution in [0.4, 0.5) is 0 Å². The standard InChI is InChI=1S/C17H21N3O3S/c1-10(2)20-13-8-12(5-4-11(13)9-18-20)19-16(21)14-6-7-15(24-14)17(22)23-3/h6-7,9-10,12H,4-5,8H2,1-3H3,(H,19,21)/t12-/m0/s1. The summed E-state index contributed by atoms with van der Waals surface area (Å²) in [6.45, 7) is 4.21. The van der Waals surface area contributed by atoms with Crippen molar-refractivity contribution in [3.05, 3.63) is 39.3 Å². The molecule has 1 amide bonds. The molecular weight excluding hydrogens is 326 g/mol. The SMILES string of the molecule is COC(=O)c1ccc(C(=O)N[C@H]2CCc3cnn(C(C)C)c3C2)s1. The molecular formula is C17H21N3O3S. The first-order valence-electron chi connectivity index (χ1n) is 8.04. The van der Waals surface area contributed by atoms with Crippen LogP contribution in [0.2, 0.25) is 0 Å². The Hall–Kier alpha value is -2.15. The number of hydrogen-bond acceptors (Lipinski definition) is 5. The Labute approximate surface area is 144 Å². The van der Waals surface area contributed by atoms with E-state index < -0.39 is 5.97 Å². The van der Waals surface area contributed by atoms with E-state index in [1.54, 1.807) is 12.1 Å². The van der Waals surface area contributed by atoms with Gasteiger partial charge in [-0.25, -0.2) is 4.79 Å². The van der Waals surface area contributed by atoms with Gasteiger partial charge in [-0.2, -0.15) is 5.10 Å². The minimum atomic E-state index is -0.415. The lowest BCUT2D eigenvalue weighted by Gasteiger charge is -2.25. The van der Waals surface area contributed by atoms with Crippen molar-refractivity contribution in [1.82, 2.24) is 15.1 Å². The van der Waals surface area contributed by atoms with Crippen molar-refractivity contribution in [1.29, 1.82) is 0 Å². The van der Waals surface area contributed by atoms with E-state index in [-0.39, 0.29) is 11.9 Å². The smallest absolute Gasteiger partial charge is 0.348 e. The molecule has 0 radical (unpaired) electrons. The number of amides is 1. The van der Waals surface area contributed by atoms with Crippen LogP contribution in [0.1, 0.15) is 56.9 Å². The lowest BCUT2D eigenvalue weighted by atomic mass is 9.93. The van der Waals surface area contributed by atoms with Gasteiger partial charge in [0.1, 0.15) is 4.88 Å². The normalized spacial score (nSPS) is 16.8. The fraction of sp³-hybridized carbons (Fsp3) is 0.471. The third-order valence-corrected chi connectivity index (χ3v) is 5.29. The van der Waals surface area contributed by atoms with E-state index in [0.29, 0.717) is 15.8 Å². The van der Waals surface area contributed by atoms with Crippen LogP contribution in [0, 0.1) is 0 Å². The molecule has 1 atom stereocenters.